The maximum absolute atomic E-state index is 13.9. The molecule has 0 bridgehead atoms. The number of hydrogen-bond acceptors (Lipinski definition) is 6. The molecule has 0 spiro atoms. The van der Waals surface area contributed by atoms with Crippen LogP contribution in [0.4, 0.5) is 13.9 Å². The Balaban J connectivity index is 1.56. The van der Waals surface area contributed by atoms with Gasteiger partial charge in [0.15, 0.2) is 5.13 Å². The van der Waals surface area contributed by atoms with Gasteiger partial charge < -0.3 is 5.32 Å². The predicted molar refractivity (Wildman–Crippen MR) is 103 cm³/mol. The molecule has 0 fully saturated rings. The number of carbonyl (C=O) groups is 1. The SMILES string of the molecule is O=C(Cc1ccnc2[nH]c(=O)[nH]c(=O)c12)Nc1nc(-c2ccc(F)cc2F)cs1. The van der Waals surface area contributed by atoms with Crippen LogP contribution in [0.2, 0.25) is 0 Å². The number of anilines is 1. The predicted octanol–water partition coefficient (Wildman–Crippen LogP) is 2.19. The van der Waals surface area contributed by atoms with Crippen LogP contribution in [0.3, 0.4) is 0 Å². The Morgan fingerprint density at radius 3 is 2.79 bits per heavy atom. The summed E-state index contributed by atoms with van der Waals surface area (Å²) in [6, 6.07) is 4.63. The zero-order valence-electron chi connectivity index (χ0n) is 14.5. The van der Waals surface area contributed by atoms with E-state index in [0.717, 1.165) is 23.5 Å². The minimum absolute atomic E-state index is 0.0763. The molecule has 8 nitrogen and oxygen atoms in total. The van der Waals surface area contributed by atoms with Gasteiger partial charge in [-0.25, -0.2) is 23.5 Å². The fourth-order valence-corrected chi connectivity index (χ4v) is 3.52. The topological polar surface area (TPSA) is 121 Å². The summed E-state index contributed by atoms with van der Waals surface area (Å²) < 4.78 is 26.9. The number of carbonyl (C=O) groups excluding carboxylic acids is 1. The first-order chi connectivity index (χ1) is 13.9. The summed E-state index contributed by atoms with van der Waals surface area (Å²) in [6.45, 7) is 0. The highest BCUT2D eigenvalue weighted by Gasteiger charge is 2.15. The Bertz CT molecular complexity index is 1360. The third-order valence-corrected chi connectivity index (χ3v) is 4.79. The molecule has 0 aliphatic heterocycles. The highest BCUT2D eigenvalue weighted by Crippen LogP contribution is 2.27. The van der Waals surface area contributed by atoms with Gasteiger partial charge in [-0.2, -0.15) is 0 Å². The number of H-pyrrole nitrogens is 2. The molecular formula is C18H11F2N5O3S. The van der Waals surface area contributed by atoms with E-state index in [-0.39, 0.29) is 33.8 Å². The maximum atomic E-state index is 13.9. The maximum Gasteiger partial charge on any atom is 0.327 e. The third-order valence-electron chi connectivity index (χ3n) is 4.03. The van der Waals surface area contributed by atoms with E-state index in [0.29, 0.717) is 5.56 Å². The van der Waals surface area contributed by atoms with Crippen molar-refractivity contribution in [3.63, 3.8) is 0 Å². The lowest BCUT2D eigenvalue weighted by Crippen LogP contribution is -2.24. The van der Waals surface area contributed by atoms with E-state index in [4.69, 9.17) is 0 Å². The van der Waals surface area contributed by atoms with Crippen LogP contribution in [0.1, 0.15) is 5.56 Å². The van der Waals surface area contributed by atoms with Crippen molar-refractivity contribution < 1.29 is 13.6 Å². The van der Waals surface area contributed by atoms with Gasteiger partial charge in [0.2, 0.25) is 5.91 Å². The molecule has 29 heavy (non-hydrogen) atoms. The number of rotatable bonds is 4. The van der Waals surface area contributed by atoms with Gasteiger partial charge >= 0.3 is 5.69 Å². The Kier molecular flexibility index (Phi) is 4.72. The van der Waals surface area contributed by atoms with E-state index in [2.05, 4.69) is 25.3 Å². The van der Waals surface area contributed by atoms with E-state index in [1.54, 1.807) is 0 Å². The molecule has 0 aliphatic rings. The van der Waals surface area contributed by atoms with Gasteiger partial charge in [-0.1, -0.05) is 0 Å². The standard InChI is InChI=1S/C18H11F2N5O3S/c19-9-1-2-10(11(20)6-9)12-7-29-18(22-12)23-13(26)5-8-3-4-21-15-14(8)16(27)25-17(28)24-15/h1-4,6-7H,5H2,(H,22,23,26)(H2,21,24,25,27,28). The molecule has 0 aliphatic carbocycles. The molecule has 0 atom stereocenters. The summed E-state index contributed by atoms with van der Waals surface area (Å²) in [7, 11) is 0. The minimum Gasteiger partial charge on any atom is -0.302 e. The number of thiazole rings is 1. The number of pyridine rings is 1. The molecule has 1 aromatic carbocycles. The normalized spacial score (nSPS) is 11.0. The molecule has 3 heterocycles. The van der Waals surface area contributed by atoms with Crippen LogP contribution in [-0.2, 0) is 11.2 Å². The molecule has 0 unspecified atom stereocenters. The summed E-state index contributed by atoms with van der Waals surface area (Å²) in [6.07, 6.45) is 1.20. The van der Waals surface area contributed by atoms with Gasteiger partial charge in [-0.3, -0.25) is 19.6 Å². The highest BCUT2D eigenvalue weighted by molar-refractivity contribution is 7.14. The number of nitrogens with zero attached hydrogens (tertiary/aromatic N) is 2. The van der Waals surface area contributed by atoms with Crippen LogP contribution in [0.25, 0.3) is 22.3 Å². The average Bonchev–Trinajstić information content (AvgIpc) is 3.09. The number of halogens is 2. The highest BCUT2D eigenvalue weighted by atomic mass is 32.1. The van der Waals surface area contributed by atoms with Crippen molar-refractivity contribution >= 4 is 33.4 Å². The number of nitrogens with one attached hydrogen (secondary N) is 3. The molecule has 11 heteroatoms. The second-order valence-electron chi connectivity index (χ2n) is 5.99. The van der Waals surface area contributed by atoms with Crippen molar-refractivity contribution in [2.75, 3.05) is 5.32 Å². The molecule has 0 radical (unpaired) electrons. The number of aromatic nitrogens is 4. The molecule has 0 saturated heterocycles. The van der Waals surface area contributed by atoms with Crippen LogP contribution < -0.4 is 16.6 Å². The first kappa shape index (κ1) is 18.6. The number of benzene rings is 1. The lowest BCUT2D eigenvalue weighted by Gasteiger charge is -2.05. The monoisotopic (exact) mass is 415 g/mol. The van der Waals surface area contributed by atoms with E-state index >= 15 is 0 Å². The van der Waals surface area contributed by atoms with Crippen LogP contribution in [0, 0.1) is 11.6 Å². The Labute approximate surface area is 164 Å². The second-order valence-corrected chi connectivity index (χ2v) is 6.85. The smallest absolute Gasteiger partial charge is 0.302 e. The van der Waals surface area contributed by atoms with Crippen LogP contribution in [0.5, 0.6) is 0 Å². The van der Waals surface area contributed by atoms with E-state index in [9.17, 15) is 23.2 Å². The van der Waals surface area contributed by atoms with Crippen LogP contribution in [-0.4, -0.2) is 25.8 Å². The zero-order valence-corrected chi connectivity index (χ0v) is 15.3. The van der Waals surface area contributed by atoms with E-state index < -0.39 is 28.8 Å². The molecule has 3 aromatic heterocycles. The molecule has 1 amide bonds. The zero-order chi connectivity index (χ0) is 20.5. The molecule has 146 valence electrons. The van der Waals surface area contributed by atoms with Crippen molar-refractivity contribution in [2.45, 2.75) is 6.42 Å². The Hall–Kier alpha value is -3.73. The summed E-state index contributed by atoms with van der Waals surface area (Å²) in [5.41, 5.74) is -0.536. The number of amides is 1. The van der Waals surface area contributed by atoms with E-state index in [1.165, 1.54) is 23.7 Å². The fourth-order valence-electron chi connectivity index (χ4n) is 2.79. The second kappa shape index (κ2) is 7.36. The summed E-state index contributed by atoms with van der Waals surface area (Å²) >= 11 is 1.07. The number of hydrogen-bond donors (Lipinski definition) is 3. The lowest BCUT2D eigenvalue weighted by atomic mass is 10.1. The summed E-state index contributed by atoms with van der Waals surface area (Å²) in [5, 5.41) is 4.43. The largest absolute Gasteiger partial charge is 0.327 e. The Morgan fingerprint density at radius 1 is 1.17 bits per heavy atom. The van der Waals surface area contributed by atoms with Crippen molar-refractivity contribution in [3.8, 4) is 11.3 Å². The number of aromatic amines is 2. The van der Waals surface area contributed by atoms with E-state index in [1.807, 2.05) is 0 Å². The van der Waals surface area contributed by atoms with Gasteiger partial charge in [0.05, 0.1) is 17.5 Å². The Morgan fingerprint density at radius 2 is 2.00 bits per heavy atom. The van der Waals surface area contributed by atoms with Crippen molar-refractivity contribution in [1.82, 2.24) is 19.9 Å². The molecule has 4 aromatic rings. The van der Waals surface area contributed by atoms with Crippen LogP contribution in [0.15, 0.2) is 45.4 Å². The van der Waals surface area contributed by atoms with Gasteiger partial charge in [0.25, 0.3) is 5.56 Å². The first-order valence-corrected chi connectivity index (χ1v) is 9.09. The number of fused-ring (bicyclic) bond motifs is 1. The van der Waals surface area contributed by atoms with Crippen molar-refractivity contribution in [2.24, 2.45) is 0 Å². The van der Waals surface area contributed by atoms with Crippen molar-refractivity contribution in [1.29, 1.82) is 0 Å². The molecule has 0 saturated carbocycles. The van der Waals surface area contributed by atoms with Gasteiger partial charge in [-0.15, -0.1) is 11.3 Å². The van der Waals surface area contributed by atoms with Crippen LogP contribution >= 0.6 is 11.3 Å². The molecule has 4 rings (SSSR count). The molecule has 3 N–H and O–H groups in total. The minimum atomic E-state index is -0.760. The summed E-state index contributed by atoms with van der Waals surface area (Å²) in [4.78, 5) is 48.4. The quantitative estimate of drug-likeness (QED) is 0.472. The van der Waals surface area contributed by atoms with Crippen molar-refractivity contribution in [3.05, 3.63) is 73.9 Å². The third kappa shape index (κ3) is 3.80. The summed E-state index contributed by atoms with van der Waals surface area (Å²) in [5.74, 6) is -1.93. The fraction of sp³-hybridized carbons (Fsp3) is 0.0556. The van der Waals surface area contributed by atoms with Gasteiger partial charge in [-0.05, 0) is 23.8 Å². The average molecular weight is 415 g/mol. The molecular weight excluding hydrogens is 404 g/mol. The van der Waals surface area contributed by atoms with Gasteiger partial charge in [0.1, 0.15) is 17.3 Å². The lowest BCUT2D eigenvalue weighted by molar-refractivity contribution is -0.115. The first-order valence-electron chi connectivity index (χ1n) is 8.22. The van der Waals surface area contributed by atoms with Gasteiger partial charge in [0, 0.05) is 23.2 Å².